The van der Waals surface area contributed by atoms with Gasteiger partial charge in [0.1, 0.15) is 6.17 Å². The van der Waals surface area contributed by atoms with E-state index in [1.807, 2.05) is 41.8 Å². The lowest BCUT2D eigenvalue weighted by Crippen LogP contribution is -2.43. The Morgan fingerprint density at radius 3 is 2.62 bits per heavy atom. The summed E-state index contributed by atoms with van der Waals surface area (Å²) in [4.78, 5) is 14.9. The molecular formula is C17H26N2OS. The third-order valence-corrected chi connectivity index (χ3v) is 5.18. The lowest BCUT2D eigenvalue weighted by molar-refractivity contribution is -0.133. The van der Waals surface area contributed by atoms with Crippen LogP contribution in [0.3, 0.4) is 0 Å². The van der Waals surface area contributed by atoms with Crippen molar-refractivity contribution >= 4 is 17.7 Å². The van der Waals surface area contributed by atoms with Crippen molar-refractivity contribution in [3.8, 4) is 0 Å². The second-order valence-electron chi connectivity index (χ2n) is 6.16. The molecule has 1 saturated heterocycles. The van der Waals surface area contributed by atoms with E-state index in [4.69, 9.17) is 0 Å². The molecule has 1 amide bonds. The van der Waals surface area contributed by atoms with Crippen LogP contribution in [0, 0.1) is 5.92 Å². The van der Waals surface area contributed by atoms with Crippen molar-refractivity contribution in [3.63, 3.8) is 0 Å². The van der Waals surface area contributed by atoms with E-state index >= 15 is 0 Å². The zero-order valence-electron chi connectivity index (χ0n) is 13.4. The topological polar surface area (TPSA) is 32.3 Å². The number of hydrogen-bond donors (Lipinski definition) is 1. The van der Waals surface area contributed by atoms with Gasteiger partial charge in [-0.2, -0.15) is 11.8 Å². The summed E-state index contributed by atoms with van der Waals surface area (Å²) in [5.74, 6) is 1.80. The molecule has 0 saturated carbocycles. The molecule has 1 aliphatic heterocycles. The molecule has 0 bridgehead atoms. The van der Waals surface area contributed by atoms with Crippen LogP contribution in [0.2, 0.25) is 0 Å². The number of nitrogens with one attached hydrogen (secondary N) is 1. The van der Waals surface area contributed by atoms with Gasteiger partial charge in [-0.3, -0.25) is 10.1 Å². The van der Waals surface area contributed by atoms with Gasteiger partial charge in [-0.1, -0.05) is 44.2 Å². The molecule has 1 heterocycles. The van der Waals surface area contributed by atoms with Gasteiger partial charge < -0.3 is 4.90 Å². The fourth-order valence-corrected chi connectivity index (χ4v) is 3.56. The number of carbonyl (C=O) groups is 1. The number of amides is 1. The Labute approximate surface area is 132 Å². The molecule has 0 aromatic heterocycles. The van der Waals surface area contributed by atoms with Gasteiger partial charge in [0.15, 0.2) is 0 Å². The minimum absolute atomic E-state index is 0.00652. The molecule has 0 aliphatic carbocycles. The highest BCUT2D eigenvalue weighted by Gasteiger charge is 2.47. The van der Waals surface area contributed by atoms with E-state index in [0.29, 0.717) is 5.92 Å². The number of hydrogen-bond acceptors (Lipinski definition) is 3. The SMILES string of the molecule is CCC1(C)NC(c2ccccc2)N(CC(C)CSC)C1=O. The van der Waals surface area contributed by atoms with E-state index < -0.39 is 5.54 Å². The van der Waals surface area contributed by atoms with Crippen molar-refractivity contribution in [2.24, 2.45) is 5.92 Å². The summed E-state index contributed by atoms with van der Waals surface area (Å²) in [6, 6.07) is 10.3. The van der Waals surface area contributed by atoms with Gasteiger partial charge in [-0.25, -0.2) is 0 Å². The van der Waals surface area contributed by atoms with Crippen LogP contribution in [0.25, 0.3) is 0 Å². The fraction of sp³-hybridized carbons (Fsp3) is 0.588. The Kier molecular flexibility index (Phi) is 5.33. The van der Waals surface area contributed by atoms with Crippen LogP contribution in [0.4, 0.5) is 0 Å². The summed E-state index contributed by atoms with van der Waals surface area (Å²) < 4.78 is 0. The Bertz CT molecular complexity index is 479. The summed E-state index contributed by atoms with van der Waals surface area (Å²) >= 11 is 1.84. The Balaban J connectivity index is 2.25. The molecule has 21 heavy (non-hydrogen) atoms. The van der Waals surface area contributed by atoms with Gasteiger partial charge in [0, 0.05) is 6.54 Å². The van der Waals surface area contributed by atoms with E-state index in [0.717, 1.165) is 18.7 Å². The number of thioether (sulfide) groups is 1. The first-order valence-corrected chi connectivity index (χ1v) is 9.04. The van der Waals surface area contributed by atoms with Crippen LogP contribution in [-0.4, -0.2) is 34.9 Å². The Morgan fingerprint density at radius 2 is 2.05 bits per heavy atom. The molecule has 0 spiro atoms. The first-order valence-electron chi connectivity index (χ1n) is 7.64. The molecule has 1 fully saturated rings. The van der Waals surface area contributed by atoms with Crippen LogP contribution in [0.5, 0.6) is 0 Å². The highest BCUT2D eigenvalue weighted by atomic mass is 32.2. The molecule has 0 radical (unpaired) electrons. The fourth-order valence-electron chi connectivity index (χ4n) is 2.89. The summed E-state index contributed by atoms with van der Waals surface area (Å²) in [6.45, 7) is 7.11. The van der Waals surface area contributed by atoms with Crippen molar-refractivity contribution in [1.82, 2.24) is 10.2 Å². The van der Waals surface area contributed by atoms with Crippen LogP contribution in [0.1, 0.15) is 38.9 Å². The summed E-state index contributed by atoms with van der Waals surface area (Å²) in [5, 5.41) is 3.55. The minimum atomic E-state index is -0.445. The molecule has 2 rings (SSSR count). The summed E-state index contributed by atoms with van der Waals surface area (Å²) in [7, 11) is 0. The van der Waals surface area contributed by atoms with Crippen molar-refractivity contribution < 1.29 is 4.79 Å². The number of rotatable bonds is 6. The van der Waals surface area contributed by atoms with Gasteiger partial charge in [-0.15, -0.1) is 0 Å². The van der Waals surface area contributed by atoms with Gasteiger partial charge in [0.05, 0.1) is 5.54 Å². The lowest BCUT2D eigenvalue weighted by atomic mass is 9.99. The maximum absolute atomic E-state index is 12.8. The normalized spacial score (nSPS) is 27.1. The summed E-state index contributed by atoms with van der Waals surface area (Å²) in [6.07, 6.45) is 2.92. The maximum atomic E-state index is 12.8. The van der Waals surface area contributed by atoms with E-state index in [1.165, 1.54) is 5.56 Å². The summed E-state index contributed by atoms with van der Waals surface area (Å²) in [5.41, 5.74) is 0.721. The van der Waals surface area contributed by atoms with E-state index in [2.05, 4.69) is 37.6 Å². The van der Waals surface area contributed by atoms with Crippen molar-refractivity contribution in [2.45, 2.75) is 38.9 Å². The zero-order chi connectivity index (χ0) is 15.5. The molecular weight excluding hydrogens is 280 g/mol. The second-order valence-corrected chi connectivity index (χ2v) is 7.07. The molecule has 3 nitrogen and oxygen atoms in total. The number of benzene rings is 1. The first-order chi connectivity index (χ1) is 10.0. The van der Waals surface area contributed by atoms with Crippen molar-refractivity contribution in [2.75, 3.05) is 18.6 Å². The molecule has 3 atom stereocenters. The molecule has 116 valence electrons. The lowest BCUT2D eigenvalue weighted by Gasteiger charge is -2.27. The Morgan fingerprint density at radius 1 is 1.38 bits per heavy atom. The number of carbonyl (C=O) groups excluding carboxylic acids is 1. The quantitative estimate of drug-likeness (QED) is 0.875. The largest absolute Gasteiger partial charge is 0.321 e. The van der Waals surface area contributed by atoms with Gasteiger partial charge in [-0.05, 0) is 36.8 Å². The van der Waals surface area contributed by atoms with Gasteiger partial charge in [0.25, 0.3) is 0 Å². The zero-order valence-corrected chi connectivity index (χ0v) is 14.2. The monoisotopic (exact) mass is 306 g/mol. The highest BCUT2D eigenvalue weighted by molar-refractivity contribution is 7.98. The van der Waals surface area contributed by atoms with Crippen LogP contribution >= 0.6 is 11.8 Å². The van der Waals surface area contributed by atoms with Crippen LogP contribution in [-0.2, 0) is 4.79 Å². The van der Waals surface area contributed by atoms with E-state index in [9.17, 15) is 4.79 Å². The molecule has 1 N–H and O–H groups in total. The van der Waals surface area contributed by atoms with E-state index in [1.54, 1.807) is 0 Å². The minimum Gasteiger partial charge on any atom is -0.321 e. The van der Waals surface area contributed by atoms with Crippen LogP contribution < -0.4 is 5.32 Å². The molecule has 3 unspecified atom stereocenters. The average molecular weight is 306 g/mol. The molecule has 1 aromatic rings. The standard InChI is InChI=1S/C17H26N2OS/c1-5-17(3)16(20)19(11-13(2)12-21-4)15(18-17)14-9-7-6-8-10-14/h6-10,13,15,18H,5,11-12H2,1-4H3. The van der Waals surface area contributed by atoms with E-state index in [-0.39, 0.29) is 12.1 Å². The first kappa shape index (κ1) is 16.4. The maximum Gasteiger partial charge on any atom is 0.244 e. The van der Waals surface area contributed by atoms with Crippen molar-refractivity contribution in [1.29, 1.82) is 0 Å². The third kappa shape index (κ3) is 3.43. The molecule has 1 aromatic carbocycles. The second kappa shape index (κ2) is 6.84. The number of nitrogens with zero attached hydrogens (tertiary/aromatic N) is 1. The highest BCUT2D eigenvalue weighted by Crippen LogP contribution is 2.33. The smallest absolute Gasteiger partial charge is 0.244 e. The van der Waals surface area contributed by atoms with Crippen molar-refractivity contribution in [3.05, 3.63) is 35.9 Å². The Hall–Kier alpha value is -1.00. The molecule has 1 aliphatic rings. The molecule has 4 heteroatoms. The van der Waals surface area contributed by atoms with Crippen LogP contribution in [0.15, 0.2) is 30.3 Å². The average Bonchev–Trinajstić information content (AvgIpc) is 2.74. The van der Waals surface area contributed by atoms with Gasteiger partial charge in [0.2, 0.25) is 5.91 Å². The predicted molar refractivity (Wildman–Crippen MR) is 90.3 cm³/mol. The third-order valence-electron chi connectivity index (χ3n) is 4.28. The van der Waals surface area contributed by atoms with Gasteiger partial charge >= 0.3 is 0 Å². The predicted octanol–water partition coefficient (Wildman–Crippen LogP) is 3.28.